The van der Waals surface area contributed by atoms with Crippen LogP contribution >= 0.6 is 11.6 Å². The van der Waals surface area contributed by atoms with Crippen molar-refractivity contribution in [1.29, 1.82) is 0 Å². The van der Waals surface area contributed by atoms with Crippen LogP contribution in [-0.2, 0) is 11.2 Å². The van der Waals surface area contributed by atoms with Crippen LogP contribution in [0.25, 0.3) is 0 Å². The van der Waals surface area contributed by atoms with Gasteiger partial charge in [-0.2, -0.15) is 0 Å². The van der Waals surface area contributed by atoms with Crippen molar-refractivity contribution in [2.45, 2.75) is 32.2 Å². The molecule has 1 aromatic carbocycles. The Balaban J connectivity index is 1.93. The lowest BCUT2D eigenvalue weighted by atomic mass is 9.98. The third kappa shape index (κ3) is 4.76. The van der Waals surface area contributed by atoms with E-state index in [9.17, 15) is 9.90 Å². The van der Waals surface area contributed by atoms with Crippen molar-refractivity contribution in [3.8, 4) is 5.75 Å². The minimum Gasteiger partial charge on any atom is -0.508 e. The fraction of sp³-hybridized carbons (Fsp3) is 0.389. The molecule has 0 spiro atoms. The van der Waals surface area contributed by atoms with Crippen LogP contribution in [0.4, 0.5) is 0 Å². The van der Waals surface area contributed by atoms with E-state index in [2.05, 4.69) is 24.1 Å². The number of nitrogens with zero attached hydrogens (tertiary/aromatic N) is 1. The van der Waals surface area contributed by atoms with Gasteiger partial charge in [-0.1, -0.05) is 11.6 Å². The fourth-order valence-corrected chi connectivity index (χ4v) is 2.72. The van der Waals surface area contributed by atoms with Gasteiger partial charge in [0.15, 0.2) is 0 Å². The number of amides is 1. The van der Waals surface area contributed by atoms with Gasteiger partial charge in [0.2, 0.25) is 5.91 Å². The van der Waals surface area contributed by atoms with Crippen molar-refractivity contribution in [3.63, 3.8) is 0 Å². The maximum atomic E-state index is 12.1. The highest BCUT2D eigenvalue weighted by molar-refractivity contribution is 6.30. The Hall–Kier alpha value is -1.98. The number of carbonyl (C=O) groups excluding carboxylic acids is 1. The molecule has 24 heavy (non-hydrogen) atoms. The standard InChI is InChI=1S/C18H23ClN2O3/c1-18(2,7-10-22)21-8-5-15(6-9-21)20-17(24)12-13-11-14(19)3-4-16(13)23/h3-6,8,11,22-23H,7,9-10,12H2,1-2H3,(H,20,24). The quantitative estimate of drug-likeness (QED) is 0.737. The first-order valence-corrected chi connectivity index (χ1v) is 8.23. The van der Waals surface area contributed by atoms with Crippen molar-refractivity contribution < 1.29 is 15.0 Å². The number of nitrogens with one attached hydrogen (secondary N) is 1. The number of allylic oxidation sites excluding steroid dienone is 1. The first kappa shape index (κ1) is 18.4. The summed E-state index contributed by atoms with van der Waals surface area (Å²) in [6.07, 6.45) is 6.40. The van der Waals surface area contributed by atoms with E-state index in [1.807, 2.05) is 18.4 Å². The Morgan fingerprint density at radius 2 is 2.17 bits per heavy atom. The number of aromatic hydroxyl groups is 1. The molecule has 0 bridgehead atoms. The first-order valence-electron chi connectivity index (χ1n) is 7.85. The van der Waals surface area contributed by atoms with E-state index in [1.54, 1.807) is 12.1 Å². The highest BCUT2D eigenvalue weighted by Gasteiger charge is 2.24. The highest BCUT2D eigenvalue weighted by Crippen LogP contribution is 2.23. The zero-order valence-corrected chi connectivity index (χ0v) is 14.7. The predicted octanol–water partition coefficient (Wildman–Crippen LogP) is 2.58. The summed E-state index contributed by atoms with van der Waals surface area (Å²) in [7, 11) is 0. The summed E-state index contributed by atoms with van der Waals surface area (Å²) >= 11 is 5.89. The van der Waals surface area contributed by atoms with E-state index >= 15 is 0 Å². The summed E-state index contributed by atoms with van der Waals surface area (Å²) in [5.74, 6) is -0.161. The minimum atomic E-state index is -0.216. The third-order valence-corrected chi connectivity index (χ3v) is 4.35. The molecule has 5 nitrogen and oxygen atoms in total. The monoisotopic (exact) mass is 350 g/mol. The number of benzene rings is 1. The Bertz CT molecular complexity index is 668. The zero-order chi connectivity index (χ0) is 17.7. The largest absolute Gasteiger partial charge is 0.508 e. The lowest BCUT2D eigenvalue weighted by molar-refractivity contribution is -0.119. The van der Waals surface area contributed by atoms with E-state index < -0.39 is 0 Å². The van der Waals surface area contributed by atoms with Gasteiger partial charge in [0.1, 0.15) is 5.75 Å². The number of hydrogen-bond donors (Lipinski definition) is 3. The molecule has 0 fully saturated rings. The molecule has 0 radical (unpaired) electrons. The van der Waals surface area contributed by atoms with Crippen molar-refractivity contribution in [3.05, 3.63) is 52.8 Å². The maximum Gasteiger partial charge on any atom is 0.228 e. The van der Waals surface area contributed by atoms with Crippen LogP contribution in [-0.4, -0.2) is 39.7 Å². The maximum absolute atomic E-state index is 12.1. The average Bonchev–Trinajstić information content (AvgIpc) is 2.51. The molecule has 1 aliphatic rings. The van der Waals surface area contributed by atoms with Crippen LogP contribution in [0.3, 0.4) is 0 Å². The second-order valence-corrected chi connectivity index (χ2v) is 6.85. The molecule has 0 saturated heterocycles. The third-order valence-electron chi connectivity index (χ3n) is 4.12. The van der Waals surface area contributed by atoms with Gasteiger partial charge in [-0.15, -0.1) is 0 Å². The predicted molar refractivity (Wildman–Crippen MR) is 94.7 cm³/mol. The number of phenols is 1. The Labute approximate surface area is 147 Å². The van der Waals surface area contributed by atoms with Crippen molar-refractivity contribution >= 4 is 17.5 Å². The number of rotatable bonds is 6. The van der Waals surface area contributed by atoms with E-state index in [1.165, 1.54) is 6.07 Å². The Kier molecular flexibility index (Phi) is 5.91. The fourth-order valence-electron chi connectivity index (χ4n) is 2.53. The van der Waals surface area contributed by atoms with E-state index in [-0.39, 0.29) is 30.2 Å². The van der Waals surface area contributed by atoms with Crippen molar-refractivity contribution in [2.75, 3.05) is 13.2 Å². The summed E-state index contributed by atoms with van der Waals surface area (Å²) in [5, 5.41) is 22.2. The van der Waals surface area contributed by atoms with Crippen LogP contribution < -0.4 is 5.32 Å². The van der Waals surface area contributed by atoms with Gasteiger partial charge in [-0.05, 0) is 50.6 Å². The number of carbonyl (C=O) groups is 1. The zero-order valence-electron chi connectivity index (χ0n) is 13.9. The summed E-state index contributed by atoms with van der Waals surface area (Å²) < 4.78 is 0. The van der Waals surface area contributed by atoms with Gasteiger partial charge >= 0.3 is 0 Å². The van der Waals surface area contributed by atoms with E-state index in [0.29, 0.717) is 23.6 Å². The van der Waals surface area contributed by atoms with Crippen LogP contribution in [0.15, 0.2) is 42.2 Å². The molecule has 130 valence electrons. The van der Waals surface area contributed by atoms with Crippen molar-refractivity contribution in [2.24, 2.45) is 0 Å². The Morgan fingerprint density at radius 1 is 1.42 bits per heavy atom. The van der Waals surface area contributed by atoms with E-state index in [0.717, 1.165) is 5.70 Å². The van der Waals surface area contributed by atoms with Gasteiger partial charge < -0.3 is 20.4 Å². The number of hydrogen-bond acceptors (Lipinski definition) is 4. The molecular weight excluding hydrogens is 328 g/mol. The number of halogens is 1. The molecular formula is C18H23ClN2O3. The molecule has 0 unspecified atom stereocenters. The second kappa shape index (κ2) is 7.73. The van der Waals surface area contributed by atoms with Gasteiger partial charge in [0.25, 0.3) is 0 Å². The Morgan fingerprint density at radius 3 is 2.79 bits per heavy atom. The van der Waals surface area contributed by atoms with Crippen LogP contribution in [0.5, 0.6) is 5.75 Å². The molecule has 6 heteroatoms. The average molecular weight is 351 g/mol. The van der Waals surface area contributed by atoms with Gasteiger partial charge in [-0.25, -0.2) is 0 Å². The van der Waals surface area contributed by atoms with Gasteiger partial charge in [-0.3, -0.25) is 4.79 Å². The summed E-state index contributed by atoms with van der Waals surface area (Å²) in [6.45, 7) is 4.91. The topological polar surface area (TPSA) is 72.8 Å². The van der Waals surface area contributed by atoms with Gasteiger partial charge in [0, 0.05) is 41.2 Å². The van der Waals surface area contributed by atoms with E-state index in [4.69, 9.17) is 16.7 Å². The number of phenolic OH excluding ortho intramolecular Hbond substituents is 1. The number of aliphatic hydroxyl groups excluding tert-OH is 1. The van der Waals surface area contributed by atoms with Crippen LogP contribution in [0.2, 0.25) is 5.02 Å². The molecule has 1 amide bonds. The summed E-state index contributed by atoms with van der Waals surface area (Å²) in [4.78, 5) is 14.3. The molecule has 1 aromatic rings. The normalized spacial score (nSPS) is 14.5. The molecule has 0 atom stereocenters. The van der Waals surface area contributed by atoms with Crippen LogP contribution in [0, 0.1) is 0 Å². The van der Waals surface area contributed by atoms with Crippen molar-refractivity contribution in [1.82, 2.24) is 10.2 Å². The SMILES string of the molecule is CC(C)(CCO)N1C=CC(NC(=O)Cc2cc(Cl)ccc2O)=CC1. The molecule has 1 heterocycles. The molecule has 3 N–H and O–H groups in total. The minimum absolute atomic E-state index is 0.0529. The molecule has 0 aliphatic carbocycles. The molecule has 0 aromatic heterocycles. The lowest BCUT2D eigenvalue weighted by Gasteiger charge is -2.38. The lowest BCUT2D eigenvalue weighted by Crippen LogP contribution is -2.42. The summed E-state index contributed by atoms with van der Waals surface area (Å²) in [6, 6.07) is 4.64. The molecule has 0 saturated carbocycles. The van der Waals surface area contributed by atoms with Gasteiger partial charge in [0.05, 0.1) is 6.42 Å². The molecule has 1 aliphatic heterocycles. The first-order chi connectivity index (χ1) is 11.3. The van der Waals surface area contributed by atoms with Crippen LogP contribution in [0.1, 0.15) is 25.8 Å². The summed E-state index contributed by atoms with van der Waals surface area (Å²) in [5.41, 5.74) is 1.06. The molecule has 2 rings (SSSR count). The second-order valence-electron chi connectivity index (χ2n) is 6.41. The smallest absolute Gasteiger partial charge is 0.228 e. The highest BCUT2D eigenvalue weighted by atomic mass is 35.5. The number of aliphatic hydroxyl groups is 1.